The Labute approximate surface area is 121 Å². The van der Waals surface area contributed by atoms with E-state index in [4.69, 9.17) is 9.47 Å². The van der Waals surface area contributed by atoms with Gasteiger partial charge in [-0.2, -0.15) is 0 Å². The Morgan fingerprint density at radius 2 is 2.10 bits per heavy atom. The van der Waals surface area contributed by atoms with Crippen LogP contribution < -0.4 is 14.8 Å². The Hall–Kier alpha value is -1.26. The number of nitrogens with one attached hydrogen (secondary N) is 1. The molecule has 112 valence electrons. The summed E-state index contributed by atoms with van der Waals surface area (Å²) in [5, 5.41) is 12.7. The van der Waals surface area contributed by atoms with E-state index in [1.54, 1.807) is 6.92 Å². The lowest BCUT2D eigenvalue weighted by atomic mass is 10.2. The van der Waals surface area contributed by atoms with Gasteiger partial charge in [0.1, 0.15) is 0 Å². The Balaban J connectivity index is 1.94. The lowest BCUT2D eigenvalue weighted by Crippen LogP contribution is -2.15. The second-order valence-electron chi connectivity index (χ2n) is 5.36. The maximum atomic E-state index is 9.26. The smallest absolute Gasteiger partial charge is 0.161 e. The van der Waals surface area contributed by atoms with E-state index in [1.807, 2.05) is 19.1 Å². The molecular weight excluding hydrogens is 254 g/mol. The minimum Gasteiger partial charge on any atom is -0.490 e. The molecule has 1 fully saturated rings. The third-order valence-corrected chi connectivity index (χ3v) is 3.27. The molecule has 1 aliphatic rings. The highest BCUT2D eigenvalue weighted by Gasteiger charge is 2.20. The lowest BCUT2D eigenvalue weighted by Gasteiger charge is -2.14. The molecule has 0 heterocycles. The van der Waals surface area contributed by atoms with E-state index in [0.717, 1.165) is 18.0 Å². The summed E-state index contributed by atoms with van der Waals surface area (Å²) < 4.78 is 11.3. The van der Waals surface area contributed by atoms with Crippen LogP contribution in [0.2, 0.25) is 0 Å². The van der Waals surface area contributed by atoms with Gasteiger partial charge < -0.3 is 19.9 Å². The van der Waals surface area contributed by atoms with E-state index in [0.29, 0.717) is 25.7 Å². The van der Waals surface area contributed by atoms with Crippen molar-refractivity contribution in [2.75, 3.05) is 13.2 Å². The van der Waals surface area contributed by atoms with Gasteiger partial charge in [-0.1, -0.05) is 6.07 Å². The number of ether oxygens (including phenoxy) is 2. The standard InChI is InChI=1S/C16H25NO3/c1-3-19-16-10-13(11-17-14-5-6-14)4-7-15(16)20-9-8-12(2)18/h4,7,10,12,14,17-18H,3,5-6,8-9,11H2,1-2H3. The van der Waals surface area contributed by atoms with Gasteiger partial charge in [-0.3, -0.25) is 0 Å². The van der Waals surface area contributed by atoms with Crippen LogP contribution in [0.25, 0.3) is 0 Å². The molecule has 1 atom stereocenters. The zero-order chi connectivity index (χ0) is 14.4. The molecule has 4 heteroatoms. The van der Waals surface area contributed by atoms with Crippen LogP contribution in [0.5, 0.6) is 11.5 Å². The van der Waals surface area contributed by atoms with Crippen LogP contribution in [0.3, 0.4) is 0 Å². The normalized spacial score (nSPS) is 15.9. The van der Waals surface area contributed by atoms with Gasteiger partial charge in [-0.15, -0.1) is 0 Å². The van der Waals surface area contributed by atoms with E-state index in [2.05, 4.69) is 11.4 Å². The van der Waals surface area contributed by atoms with Crippen LogP contribution in [0, 0.1) is 0 Å². The third-order valence-electron chi connectivity index (χ3n) is 3.27. The van der Waals surface area contributed by atoms with Gasteiger partial charge in [-0.05, 0) is 44.4 Å². The Kier molecular flexibility index (Phi) is 5.68. The molecule has 1 unspecified atom stereocenters. The highest BCUT2D eigenvalue weighted by Crippen LogP contribution is 2.29. The second kappa shape index (κ2) is 7.50. The first-order chi connectivity index (χ1) is 9.69. The number of aliphatic hydroxyl groups is 1. The van der Waals surface area contributed by atoms with E-state index >= 15 is 0 Å². The number of hydrogen-bond acceptors (Lipinski definition) is 4. The molecule has 0 amide bonds. The van der Waals surface area contributed by atoms with E-state index < -0.39 is 0 Å². The molecule has 0 radical (unpaired) electrons. The van der Waals surface area contributed by atoms with Crippen LogP contribution in [0.15, 0.2) is 18.2 Å². The monoisotopic (exact) mass is 279 g/mol. The summed E-state index contributed by atoms with van der Waals surface area (Å²) >= 11 is 0. The fourth-order valence-corrected chi connectivity index (χ4v) is 1.94. The summed E-state index contributed by atoms with van der Waals surface area (Å²) in [5.74, 6) is 1.54. The Morgan fingerprint density at radius 1 is 1.30 bits per heavy atom. The predicted octanol–water partition coefficient (Wildman–Crippen LogP) is 2.49. The highest BCUT2D eigenvalue weighted by atomic mass is 16.5. The largest absolute Gasteiger partial charge is 0.490 e. The van der Waals surface area contributed by atoms with Gasteiger partial charge >= 0.3 is 0 Å². The molecule has 20 heavy (non-hydrogen) atoms. The lowest BCUT2D eigenvalue weighted by molar-refractivity contribution is 0.153. The van der Waals surface area contributed by atoms with Crippen LogP contribution >= 0.6 is 0 Å². The Bertz CT molecular complexity index is 416. The zero-order valence-electron chi connectivity index (χ0n) is 12.4. The van der Waals surface area contributed by atoms with Crippen molar-refractivity contribution in [3.63, 3.8) is 0 Å². The van der Waals surface area contributed by atoms with Crippen LogP contribution in [-0.2, 0) is 6.54 Å². The summed E-state index contributed by atoms with van der Waals surface area (Å²) in [6, 6.07) is 6.76. The van der Waals surface area contributed by atoms with Gasteiger partial charge in [0.25, 0.3) is 0 Å². The van der Waals surface area contributed by atoms with Crippen LogP contribution in [0.1, 0.15) is 38.7 Å². The molecule has 2 rings (SSSR count). The zero-order valence-corrected chi connectivity index (χ0v) is 12.4. The number of rotatable bonds is 9. The molecule has 4 nitrogen and oxygen atoms in total. The van der Waals surface area contributed by atoms with Crippen LogP contribution in [0.4, 0.5) is 0 Å². The molecule has 1 saturated carbocycles. The first kappa shape index (κ1) is 15.1. The van der Waals surface area contributed by atoms with Gasteiger partial charge in [0.05, 0.1) is 19.3 Å². The van der Waals surface area contributed by atoms with Crippen molar-refractivity contribution in [2.24, 2.45) is 0 Å². The predicted molar refractivity (Wildman–Crippen MR) is 79.3 cm³/mol. The molecule has 1 aromatic carbocycles. The molecule has 0 aromatic heterocycles. The van der Waals surface area contributed by atoms with Crippen molar-refractivity contribution in [1.29, 1.82) is 0 Å². The Morgan fingerprint density at radius 3 is 2.75 bits per heavy atom. The minimum atomic E-state index is -0.340. The summed E-state index contributed by atoms with van der Waals surface area (Å²) in [6.07, 6.45) is 2.86. The molecule has 1 aliphatic carbocycles. The number of aliphatic hydroxyl groups excluding tert-OH is 1. The maximum absolute atomic E-state index is 9.26. The first-order valence-corrected chi connectivity index (χ1v) is 7.49. The highest BCUT2D eigenvalue weighted by molar-refractivity contribution is 5.43. The molecule has 0 bridgehead atoms. The first-order valence-electron chi connectivity index (χ1n) is 7.49. The molecule has 2 N–H and O–H groups in total. The van der Waals surface area contributed by atoms with Crippen molar-refractivity contribution in [3.05, 3.63) is 23.8 Å². The van der Waals surface area contributed by atoms with Crippen LogP contribution in [-0.4, -0.2) is 30.5 Å². The maximum Gasteiger partial charge on any atom is 0.161 e. The topological polar surface area (TPSA) is 50.7 Å². The van der Waals surface area contributed by atoms with Crippen molar-refractivity contribution in [1.82, 2.24) is 5.32 Å². The van der Waals surface area contributed by atoms with Gasteiger partial charge in [0, 0.05) is 19.0 Å². The molecule has 0 spiro atoms. The number of hydrogen-bond donors (Lipinski definition) is 2. The van der Waals surface area contributed by atoms with Crippen molar-refractivity contribution in [2.45, 2.75) is 51.8 Å². The van der Waals surface area contributed by atoms with E-state index in [1.165, 1.54) is 18.4 Å². The fraction of sp³-hybridized carbons (Fsp3) is 0.625. The minimum absolute atomic E-state index is 0.340. The molecular formula is C16H25NO3. The third kappa shape index (κ3) is 5.02. The van der Waals surface area contributed by atoms with Gasteiger partial charge in [0.2, 0.25) is 0 Å². The van der Waals surface area contributed by atoms with E-state index in [-0.39, 0.29) is 6.10 Å². The second-order valence-corrected chi connectivity index (χ2v) is 5.36. The van der Waals surface area contributed by atoms with Gasteiger partial charge in [-0.25, -0.2) is 0 Å². The molecule has 0 aliphatic heterocycles. The van der Waals surface area contributed by atoms with E-state index in [9.17, 15) is 5.11 Å². The SMILES string of the molecule is CCOc1cc(CNC2CC2)ccc1OCCC(C)O. The molecule has 1 aromatic rings. The summed E-state index contributed by atoms with van der Waals surface area (Å²) in [5.41, 5.74) is 1.21. The average Bonchev–Trinajstić information content (AvgIpc) is 3.22. The summed E-state index contributed by atoms with van der Waals surface area (Å²) in [6.45, 7) is 5.72. The van der Waals surface area contributed by atoms with Crippen molar-refractivity contribution >= 4 is 0 Å². The quantitative estimate of drug-likeness (QED) is 0.729. The number of benzene rings is 1. The summed E-state index contributed by atoms with van der Waals surface area (Å²) in [4.78, 5) is 0. The fourth-order valence-electron chi connectivity index (χ4n) is 1.94. The van der Waals surface area contributed by atoms with Gasteiger partial charge in [0.15, 0.2) is 11.5 Å². The average molecular weight is 279 g/mol. The molecule has 0 saturated heterocycles. The van der Waals surface area contributed by atoms with Crippen molar-refractivity contribution in [3.8, 4) is 11.5 Å². The van der Waals surface area contributed by atoms with Crippen molar-refractivity contribution < 1.29 is 14.6 Å². The summed E-state index contributed by atoms with van der Waals surface area (Å²) in [7, 11) is 0.